The minimum Gasteiger partial charge on any atom is -0.490 e. The van der Waals surface area contributed by atoms with Crippen molar-refractivity contribution in [3.05, 3.63) is 94.1 Å². The number of ether oxygens (including phenoxy) is 2. The smallest absolute Gasteiger partial charge is 0.416 e. The van der Waals surface area contributed by atoms with Crippen molar-refractivity contribution in [2.45, 2.75) is 19.7 Å². The lowest BCUT2D eigenvalue weighted by atomic mass is 10.1. The van der Waals surface area contributed by atoms with Crippen molar-refractivity contribution in [1.29, 1.82) is 0 Å². The van der Waals surface area contributed by atoms with Crippen molar-refractivity contribution < 1.29 is 41.4 Å². The van der Waals surface area contributed by atoms with E-state index in [1.54, 1.807) is 37.3 Å². The number of imide groups is 1. The molecule has 0 atom stereocenters. The highest BCUT2D eigenvalue weighted by Crippen LogP contribution is 2.35. The number of alkyl halides is 3. The Labute approximate surface area is 230 Å². The van der Waals surface area contributed by atoms with Gasteiger partial charge in [-0.1, -0.05) is 24.3 Å². The van der Waals surface area contributed by atoms with Crippen LogP contribution in [0.3, 0.4) is 0 Å². The summed E-state index contributed by atoms with van der Waals surface area (Å²) in [7, 11) is 0. The normalized spacial score (nSPS) is 14.5. The summed E-state index contributed by atoms with van der Waals surface area (Å²) in [6.45, 7) is 1.61. The number of thioether (sulfide) groups is 1. The van der Waals surface area contributed by atoms with Gasteiger partial charge in [-0.05, 0) is 78.4 Å². The number of anilines is 1. The van der Waals surface area contributed by atoms with Crippen molar-refractivity contribution in [2.24, 2.45) is 0 Å². The molecule has 3 aromatic carbocycles. The predicted octanol–water partition coefficient (Wildman–Crippen LogP) is 6.50. The summed E-state index contributed by atoms with van der Waals surface area (Å²) < 4.78 is 63.4. The zero-order valence-electron chi connectivity index (χ0n) is 21.0. The van der Waals surface area contributed by atoms with Gasteiger partial charge in [-0.25, -0.2) is 4.39 Å². The molecule has 0 radical (unpaired) electrons. The van der Waals surface area contributed by atoms with Crippen molar-refractivity contribution in [2.75, 3.05) is 18.5 Å². The van der Waals surface area contributed by atoms with Crippen LogP contribution in [0.2, 0.25) is 0 Å². The highest BCUT2D eigenvalue weighted by molar-refractivity contribution is 8.18. The molecule has 40 heavy (non-hydrogen) atoms. The Morgan fingerprint density at radius 2 is 1.75 bits per heavy atom. The zero-order valence-corrected chi connectivity index (χ0v) is 21.8. The maximum absolute atomic E-state index is 13.1. The molecule has 0 unspecified atom stereocenters. The van der Waals surface area contributed by atoms with Crippen LogP contribution in [0, 0.1) is 5.82 Å². The van der Waals surface area contributed by atoms with Gasteiger partial charge in [0.05, 0.1) is 17.1 Å². The largest absolute Gasteiger partial charge is 0.490 e. The highest BCUT2D eigenvalue weighted by Gasteiger charge is 2.36. The van der Waals surface area contributed by atoms with E-state index in [1.165, 1.54) is 24.3 Å². The number of nitrogens with one attached hydrogen (secondary N) is 1. The molecule has 0 spiro atoms. The van der Waals surface area contributed by atoms with Gasteiger partial charge in [0.25, 0.3) is 11.1 Å². The highest BCUT2D eigenvalue weighted by atomic mass is 32.2. The quantitative estimate of drug-likeness (QED) is 0.232. The molecule has 3 amide bonds. The van der Waals surface area contributed by atoms with Gasteiger partial charge in [0.1, 0.15) is 19.0 Å². The van der Waals surface area contributed by atoms with E-state index in [-0.39, 0.29) is 23.0 Å². The molecular weight excluding hydrogens is 552 g/mol. The first-order valence-electron chi connectivity index (χ1n) is 11.9. The molecule has 1 aliphatic heterocycles. The average molecular weight is 575 g/mol. The fourth-order valence-corrected chi connectivity index (χ4v) is 4.49. The van der Waals surface area contributed by atoms with Crippen LogP contribution < -0.4 is 14.8 Å². The van der Waals surface area contributed by atoms with Gasteiger partial charge in [-0.3, -0.25) is 19.3 Å². The van der Waals surface area contributed by atoms with E-state index >= 15 is 0 Å². The van der Waals surface area contributed by atoms with Crippen molar-refractivity contribution in [3.63, 3.8) is 0 Å². The SMILES string of the molecule is CCOc1cc(/C=C2\SC(=O)N(CC(=O)Nc3cccc(C(F)(F)F)c3)C2=O)ccc1OCc1ccc(F)cc1. The molecular formula is C28H22F4N2O5S. The fraction of sp³-hybridized carbons (Fsp3) is 0.179. The number of hydrogen-bond acceptors (Lipinski definition) is 6. The Morgan fingerprint density at radius 3 is 2.45 bits per heavy atom. The van der Waals surface area contributed by atoms with E-state index in [1.807, 2.05) is 0 Å². The minimum absolute atomic E-state index is 0.0549. The monoisotopic (exact) mass is 574 g/mol. The topological polar surface area (TPSA) is 84.9 Å². The lowest BCUT2D eigenvalue weighted by Gasteiger charge is -2.14. The zero-order chi connectivity index (χ0) is 28.9. The van der Waals surface area contributed by atoms with Gasteiger partial charge >= 0.3 is 6.18 Å². The molecule has 4 rings (SSSR count). The third kappa shape index (κ3) is 7.20. The number of nitrogens with zero attached hydrogens (tertiary/aromatic N) is 1. The number of halogens is 4. The maximum atomic E-state index is 13.1. The van der Waals surface area contributed by atoms with E-state index in [2.05, 4.69) is 5.32 Å². The third-order valence-corrected chi connectivity index (χ3v) is 6.43. The number of rotatable bonds is 9. The first kappa shape index (κ1) is 28.7. The molecule has 3 aromatic rings. The average Bonchev–Trinajstić information content (AvgIpc) is 3.16. The summed E-state index contributed by atoms with van der Waals surface area (Å²) in [6, 6.07) is 14.8. The number of hydrogen-bond donors (Lipinski definition) is 1. The molecule has 1 fully saturated rings. The second-order valence-corrected chi connectivity index (χ2v) is 9.44. The molecule has 0 aliphatic carbocycles. The van der Waals surface area contributed by atoms with Crippen LogP contribution in [0.1, 0.15) is 23.6 Å². The molecule has 1 N–H and O–H groups in total. The summed E-state index contributed by atoms with van der Waals surface area (Å²) in [5, 5.41) is 1.58. The summed E-state index contributed by atoms with van der Waals surface area (Å²) in [5.74, 6) is -1.10. The Morgan fingerprint density at radius 1 is 1.00 bits per heavy atom. The minimum atomic E-state index is -4.59. The molecule has 1 heterocycles. The standard InChI is InChI=1S/C28H22F4N2O5S/c1-2-38-23-12-18(8-11-22(23)39-16-17-6-9-20(29)10-7-17)13-24-26(36)34(27(37)40-24)15-25(35)33-21-5-3-4-19(14-21)28(30,31)32/h3-14H,2,15-16H2,1H3,(H,33,35)/b24-13-. The number of carbonyl (C=O) groups excluding carboxylic acids is 3. The first-order valence-corrected chi connectivity index (χ1v) is 12.7. The van der Waals surface area contributed by atoms with E-state index in [0.29, 0.717) is 40.3 Å². The molecule has 12 heteroatoms. The van der Waals surface area contributed by atoms with Gasteiger partial charge in [0.2, 0.25) is 5.91 Å². The summed E-state index contributed by atoms with van der Waals surface area (Å²) in [6.07, 6.45) is -3.13. The Kier molecular flexibility index (Phi) is 8.78. The van der Waals surface area contributed by atoms with Crippen molar-refractivity contribution in [1.82, 2.24) is 4.90 Å². The van der Waals surface area contributed by atoms with Crippen LogP contribution >= 0.6 is 11.8 Å². The Bertz CT molecular complexity index is 1460. The van der Waals surface area contributed by atoms with E-state index in [4.69, 9.17) is 9.47 Å². The van der Waals surface area contributed by atoms with Crippen LogP contribution in [0.5, 0.6) is 11.5 Å². The lowest BCUT2D eigenvalue weighted by Crippen LogP contribution is -2.36. The number of carbonyl (C=O) groups is 3. The van der Waals surface area contributed by atoms with Crippen LogP contribution in [-0.4, -0.2) is 35.1 Å². The van der Waals surface area contributed by atoms with Crippen molar-refractivity contribution in [3.8, 4) is 11.5 Å². The second-order valence-electron chi connectivity index (χ2n) is 8.45. The Balaban J connectivity index is 1.43. The van der Waals surface area contributed by atoms with Crippen LogP contribution in [0.25, 0.3) is 6.08 Å². The van der Waals surface area contributed by atoms with Crippen LogP contribution in [0.15, 0.2) is 71.6 Å². The van der Waals surface area contributed by atoms with Crippen LogP contribution in [0.4, 0.5) is 28.0 Å². The van der Waals surface area contributed by atoms with Gasteiger partial charge in [0.15, 0.2) is 11.5 Å². The number of amides is 3. The molecule has 1 aliphatic rings. The maximum Gasteiger partial charge on any atom is 0.416 e. The summed E-state index contributed by atoms with van der Waals surface area (Å²) in [5.41, 5.74) is 0.209. The second kappa shape index (κ2) is 12.2. The fourth-order valence-electron chi connectivity index (χ4n) is 3.65. The van der Waals surface area contributed by atoms with Gasteiger partial charge in [-0.2, -0.15) is 13.2 Å². The van der Waals surface area contributed by atoms with Crippen molar-refractivity contribution >= 4 is 40.6 Å². The summed E-state index contributed by atoms with van der Waals surface area (Å²) >= 11 is 0.630. The predicted molar refractivity (Wildman–Crippen MR) is 141 cm³/mol. The van der Waals surface area contributed by atoms with Crippen LogP contribution in [-0.2, 0) is 22.4 Å². The number of benzene rings is 3. The summed E-state index contributed by atoms with van der Waals surface area (Å²) in [4.78, 5) is 38.5. The van der Waals surface area contributed by atoms with Gasteiger partial charge < -0.3 is 14.8 Å². The third-order valence-electron chi connectivity index (χ3n) is 5.52. The van der Waals surface area contributed by atoms with Gasteiger partial charge in [0, 0.05) is 5.69 Å². The molecule has 208 valence electrons. The Hall–Kier alpha value is -4.32. The van der Waals surface area contributed by atoms with Gasteiger partial charge in [-0.15, -0.1) is 0 Å². The van der Waals surface area contributed by atoms with E-state index in [0.717, 1.165) is 23.8 Å². The van der Waals surface area contributed by atoms with E-state index < -0.39 is 35.3 Å². The molecule has 7 nitrogen and oxygen atoms in total. The van der Waals surface area contributed by atoms with E-state index in [9.17, 15) is 31.9 Å². The lowest BCUT2D eigenvalue weighted by molar-refractivity contribution is -0.137. The molecule has 0 bridgehead atoms. The first-order chi connectivity index (χ1) is 19.0. The molecule has 1 saturated heterocycles. The molecule has 0 aromatic heterocycles. The molecule has 0 saturated carbocycles.